The van der Waals surface area contributed by atoms with Crippen molar-refractivity contribution in [2.45, 2.75) is 92.7 Å². The highest BCUT2D eigenvalue weighted by Crippen LogP contribution is 2.52. The van der Waals surface area contributed by atoms with E-state index in [9.17, 15) is 43.7 Å². The molecule has 13 nitrogen and oxygen atoms in total. The lowest BCUT2D eigenvalue weighted by molar-refractivity contribution is -0.438. The van der Waals surface area contributed by atoms with Crippen molar-refractivity contribution in [3.8, 4) is 0 Å². The molecule has 4 aromatic carbocycles. The summed E-state index contributed by atoms with van der Waals surface area (Å²) in [6.45, 7) is 12.8. The predicted octanol–water partition coefficient (Wildman–Crippen LogP) is 7.32. The van der Waals surface area contributed by atoms with Gasteiger partial charge in [-0.15, -0.1) is 0 Å². The number of carboxylic acids is 1. The Morgan fingerprint density at radius 3 is 1.95 bits per heavy atom. The molecule has 0 bridgehead atoms. The van der Waals surface area contributed by atoms with Crippen LogP contribution < -0.4 is 4.90 Å². The zero-order valence-electron chi connectivity index (χ0n) is 31.9. The molecular formula is C40H45N2O11S3+. The highest BCUT2D eigenvalue weighted by atomic mass is 32.2. The number of allylic oxidation sites excluding steroid dienone is 4. The van der Waals surface area contributed by atoms with Gasteiger partial charge in [0.2, 0.25) is 5.69 Å². The number of carboxylic acid groups (broad SMARTS) is 1. The second-order valence-electron chi connectivity index (χ2n) is 15.3. The SMILES string of the molecule is CCN1C(=CC=CC2=[N+](CCCCCC(=O)O)c3ccc4c(S(=O)(=O)O)cc(S(=O)(=O)O)cc4c3C2(C)C)C(C)(C)c2c1ccc1c(C)cc(S(=O)(=O)O)cc21. The maximum Gasteiger partial charge on any atom is 0.303 e. The van der Waals surface area contributed by atoms with Crippen LogP contribution in [0.4, 0.5) is 11.4 Å². The summed E-state index contributed by atoms with van der Waals surface area (Å²) < 4.78 is 106. The first-order valence-electron chi connectivity index (χ1n) is 18.1. The van der Waals surface area contributed by atoms with Crippen molar-refractivity contribution in [1.29, 1.82) is 0 Å². The number of aliphatic carboxylic acids is 1. The molecule has 4 aromatic rings. The lowest BCUT2D eigenvalue weighted by atomic mass is 9.78. The van der Waals surface area contributed by atoms with Crippen LogP contribution >= 0.6 is 0 Å². The van der Waals surface area contributed by atoms with Crippen molar-refractivity contribution < 1.29 is 53.4 Å². The smallest absolute Gasteiger partial charge is 0.303 e. The zero-order valence-corrected chi connectivity index (χ0v) is 34.3. The molecule has 56 heavy (non-hydrogen) atoms. The second-order valence-corrected chi connectivity index (χ2v) is 19.6. The molecule has 0 aliphatic carbocycles. The molecule has 0 unspecified atom stereocenters. The molecule has 0 atom stereocenters. The first kappa shape index (κ1) is 41.2. The number of likely N-dealkylation sites (N-methyl/N-ethyl adjacent to an activating group) is 1. The molecule has 4 N–H and O–H groups in total. The van der Waals surface area contributed by atoms with Gasteiger partial charge in [0, 0.05) is 59.3 Å². The van der Waals surface area contributed by atoms with Gasteiger partial charge in [-0.3, -0.25) is 18.5 Å². The normalized spacial score (nSPS) is 17.4. The van der Waals surface area contributed by atoms with Gasteiger partial charge in [0.15, 0.2) is 5.71 Å². The molecule has 2 aliphatic heterocycles. The van der Waals surface area contributed by atoms with Gasteiger partial charge in [0.05, 0.1) is 15.2 Å². The lowest BCUT2D eigenvalue weighted by Crippen LogP contribution is -2.28. The molecule has 6 rings (SSSR count). The molecule has 0 saturated heterocycles. The number of hydrogen-bond donors (Lipinski definition) is 4. The number of benzene rings is 4. The summed E-state index contributed by atoms with van der Waals surface area (Å²) in [5, 5.41) is 11.0. The van der Waals surface area contributed by atoms with E-state index < -0.39 is 56.9 Å². The van der Waals surface area contributed by atoms with Crippen LogP contribution in [-0.2, 0) is 46.0 Å². The third-order valence-corrected chi connectivity index (χ3v) is 13.6. The van der Waals surface area contributed by atoms with E-state index in [0.717, 1.165) is 34.1 Å². The van der Waals surface area contributed by atoms with Gasteiger partial charge < -0.3 is 10.0 Å². The zero-order chi connectivity index (χ0) is 41.3. The van der Waals surface area contributed by atoms with Crippen LogP contribution in [0.1, 0.15) is 77.0 Å². The largest absolute Gasteiger partial charge is 0.481 e. The van der Waals surface area contributed by atoms with Crippen molar-refractivity contribution in [2.24, 2.45) is 0 Å². The van der Waals surface area contributed by atoms with Crippen molar-refractivity contribution in [2.75, 3.05) is 18.0 Å². The Hall–Kier alpha value is -4.45. The van der Waals surface area contributed by atoms with E-state index in [4.69, 9.17) is 5.11 Å². The van der Waals surface area contributed by atoms with Crippen LogP contribution in [-0.4, -0.2) is 73.4 Å². The standard InChI is InChI=1S/C40H44N2O11S3/c1-7-41-31-17-15-27-24(2)20-25(54(45,46)47)21-29(27)37(31)39(3,4)34(41)12-11-13-35-40(5,6)38-30-22-26(55(48,49)50)23-33(56(51,52)53)28(30)16-18-32(38)42(35)19-10-8-9-14-36(43)44/h11-13,15-18,20-23H,7-10,14,19H2,1-6H3,(H3-,43,44,45,46,47,48,49,50,51,52,53)/p+1. The molecule has 2 aliphatic rings. The first-order chi connectivity index (χ1) is 25.9. The Kier molecular flexibility index (Phi) is 10.4. The van der Waals surface area contributed by atoms with E-state index in [2.05, 4.69) is 4.90 Å². The quantitative estimate of drug-likeness (QED) is 0.0630. The number of carbonyl (C=O) groups is 1. The highest BCUT2D eigenvalue weighted by Gasteiger charge is 2.46. The summed E-state index contributed by atoms with van der Waals surface area (Å²) in [7, 11) is -14.3. The molecule has 0 fully saturated rings. The summed E-state index contributed by atoms with van der Waals surface area (Å²) in [4.78, 5) is 11.8. The molecule has 0 aromatic heterocycles. The maximum absolute atomic E-state index is 12.5. The number of anilines is 1. The molecule has 0 saturated carbocycles. The van der Waals surface area contributed by atoms with Gasteiger partial charge in [0.25, 0.3) is 30.4 Å². The van der Waals surface area contributed by atoms with Crippen molar-refractivity contribution in [3.63, 3.8) is 0 Å². The van der Waals surface area contributed by atoms with Gasteiger partial charge in [-0.25, -0.2) is 0 Å². The molecule has 16 heteroatoms. The van der Waals surface area contributed by atoms with Crippen LogP contribution in [0.25, 0.3) is 21.5 Å². The Bertz CT molecular complexity index is 2780. The fraction of sp³-hybridized carbons (Fsp3) is 0.350. The third-order valence-electron chi connectivity index (χ3n) is 11.0. The van der Waals surface area contributed by atoms with Gasteiger partial charge in [-0.2, -0.15) is 29.8 Å². The minimum atomic E-state index is -4.93. The minimum Gasteiger partial charge on any atom is -0.481 e. The number of unbranched alkanes of at least 4 members (excludes halogenated alkanes) is 2. The Balaban J connectivity index is 1.52. The second kappa shape index (κ2) is 14.2. The number of fused-ring (bicyclic) bond motifs is 6. The topological polar surface area (TPSA) is 207 Å². The molecule has 2 heterocycles. The van der Waals surface area contributed by atoms with Crippen LogP contribution in [0.5, 0.6) is 0 Å². The fourth-order valence-corrected chi connectivity index (χ4v) is 10.5. The number of hydrogen-bond acceptors (Lipinski definition) is 8. The Morgan fingerprint density at radius 2 is 1.36 bits per heavy atom. The summed E-state index contributed by atoms with van der Waals surface area (Å²) in [5.74, 6) is -0.892. The lowest BCUT2D eigenvalue weighted by Gasteiger charge is -2.26. The van der Waals surface area contributed by atoms with Crippen LogP contribution in [0.15, 0.2) is 87.1 Å². The summed E-state index contributed by atoms with van der Waals surface area (Å²) in [6, 6.07) is 12.1. The maximum atomic E-state index is 12.5. The predicted molar refractivity (Wildman–Crippen MR) is 214 cm³/mol. The molecule has 298 valence electrons. The number of aryl methyl sites for hydroxylation is 1. The summed E-state index contributed by atoms with van der Waals surface area (Å²) in [6.07, 6.45) is 7.51. The van der Waals surface area contributed by atoms with Crippen LogP contribution in [0.2, 0.25) is 0 Å². The molecule has 0 amide bonds. The molecule has 0 spiro atoms. The molecule has 0 radical (unpaired) electrons. The first-order valence-corrected chi connectivity index (χ1v) is 22.4. The Labute approximate surface area is 326 Å². The summed E-state index contributed by atoms with van der Waals surface area (Å²) >= 11 is 0. The van der Waals surface area contributed by atoms with Gasteiger partial charge in [-0.05, 0) is 110 Å². The van der Waals surface area contributed by atoms with Gasteiger partial charge in [0.1, 0.15) is 11.4 Å². The Morgan fingerprint density at radius 1 is 0.750 bits per heavy atom. The minimum absolute atomic E-state index is 0.0195. The van der Waals surface area contributed by atoms with E-state index in [1.54, 1.807) is 13.0 Å². The average molecular weight is 826 g/mol. The average Bonchev–Trinajstić information content (AvgIpc) is 3.44. The third kappa shape index (κ3) is 7.18. The van der Waals surface area contributed by atoms with Crippen molar-refractivity contribution in [3.05, 3.63) is 89.1 Å². The van der Waals surface area contributed by atoms with E-state index in [1.807, 2.05) is 69.6 Å². The van der Waals surface area contributed by atoms with Crippen LogP contribution in [0.3, 0.4) is 0 Å². The van der Waals surface area contributed by atoms with Gasteiger partial charge >= 0.3 is 5.97 Å². The van der Waals surface area contributed by atoms with Crippen LogP contribution in [0, 0.1) is 6.92 Å². The molecular weight excluding hydrogens is 781 g/mol. The van der Waals surface area contributed by atoms with E-state index >= 15 is 0 Å². The number of rotatable bonds is 12. The van der Waals surface area contributed by atoms with Crippen molar-refractivity contribution in [1.82, 2.24) is 0 Å². The highest BCUT2D eigenvalue weighted by molar-refractivity contribution is 7.87. The fourth-order valence-electron chi connectivity index (χ4n) is 8.54. The summed E-state index contributed by atoms with van der Waals surface area (Å²) in [5.41, 5.74) is 3.91. The monoisotopic (exact) mass is 825 g/mol. The van der Waals surface area contributed by atoms with Crippen molar-refractivity contribution >= 4 is 75.0 Å². The van der Waals surface area contributed by atoms with Gasteiger partial charge in [-0.1, -0.05) is 26.0 Å². The van der Waals surface area contributed by atoms with E-state index in [1.165, 1.54) is 24.3 Å². The number of nitrogens with zero attached hydrogens (tertiary/aromatic N) is 2. The van der Waals surface area contributed by atoms with E-state index in [-0.39, 0.29) is 22.1 Å². The van der Waals surface area contributed by atoms with E-state index in [0.29, 0.717) is 54.6 Å².